The highest BCUT2D eigenvalue weighted by Crippen LogP contribution is 2.11. The quantitative estimate of drug-likeness (QED) is 0.855. The number of rotatable bonds is 6. The summed E-state index contributed by atoms with van der Waals surface area (Å²) in [6.45, 7) is 6.92. The molecule has 17 heavy (non-hydrogen) atoms. The zero-order valence-electron chi connectivity index (χ0n) is 10.3. The Labute approximate surface area is 106 Å². The molecule has 0 spiro atoms. The normalized spacial score (nSPS) is 10.9. The van der Waals surface area contributed by atoms with E-state index in [1.165, 1.54) is 4.88 Å². The van der Waals surface area contributed by atoms with Gasteiger partial charge < -0.3 is 9.88 Å². The van der Waals surface area contributed by atoms with Crippen molar-refractivity contribution in [1.29, 1.82) is 0 Å². The molecule has 0 aliphatic heterocycles. The molecule has 0 fully saturated rings. The lowest BCUT2D eigenvalue weighted by Crippen LogP contribution is -2.16. The van der Waals surface area contributed by atoms with Crippen LogP contribution in [0.1, 0.15) is 29.1 Å². The van der Waals surface area contributed by atoms with E-state index in [-0.39, 0.29) is 0 Å². The summed E-state index contributed by atoms with van der Waals surface area (Å²) in [5.74, 6) is 1.10. The number of aryl methyl sites for hydroxylation is 2. The molecular weight excluding hydrogens is 232 g/mol. The standard InChI is InChI=1S/C12H18N4S/c1-3-5-16-6-4-14-12(16)9-13-7-11-8-15-10(2)17-11/h4,6,8,13H,3,5,7,9H2,1-2H3. The molecule has 92 valence electrons. The molecule has 2 aromatic rings. The highest BCUT2D eigenvalue weighted by atomic mass is 32.1. The van der Waals surface area contributed by atoms with E-state index in [9.17, 15) is 0 Å². The Bertz CT molecular complexity index is 461. The van der Waals surface area contributed by atoms with Crippen LogP contribution in [0.5, 0.6) is 0 Å². The molecule has 1 N–H and O–H groups in total. The van der Waals surface area contributed by atoms with Crippen molar-refractivity contribution >= 4 is 11.3 Å². The molecular formula is C12H18N4S. The number of imidazole rings is 1. The van der Waals surface area contributed by atoms with Crippen LogP contribution in [0.15, 0.2) is 18.6 Å². The monoisotopic (exact) mass is 250 g/mol. The van der Waals surface area contributed by atoms with Gasteiger partial charge in [0.1, 0.15) is 5.82 Å². The molecule has 0 amide bonds. The second kappa shape index (κ2) is 5.93. The van der Waals surface area contributed by atoms with Gasteiger partial charge in [0.25, 0.3) is 0 Å². The largest absolute Gasteiger partial charge is 0.334 e. The number of hydrogen-bond donors (Lipinski definition) is 1. The van der Waals surface area contributed by atoms with E-state index in [0.29, 0.717) is 0 Å². The summed E-state index contributed by atoms with van der Waals surface area (Å²) in [7, 11) is 0. The third-order valence-corrected chi connectivity index (χ3v) is 3.43. The van der Waals surface area contributed by atoms with Crippen molar-refractivity contribution in [3.8, 4) is 0 Å². The van der Waals surface area contributed by atoms with Crippen molar-refractivity contribution in [1.82, 2.24) is 19.9 Å². The zero-order valence-corrected chi connectivity index (χ0v) is 11.1. The van der Waals surface area contributed by atoms with Gasteiger partial charge in [0.15, 0.2) is 0 Å². The Hall–Kier alpha value is -1.20. The lowest BCUT2D eigenvalue weighted by Gasteiger charge is -2.06. The molecule has 2 rings (SSSR count). The predicted octanol–water partition coefficient (Wildman–Crippen LogP) is 2.35. The van der Waals surface area contributed by atoms with Crippen LogP contribution < -0.4 is 5.32 Å². The van der Waals surface area contributed by atoms with Gasteiger partial charge in [-0.2, -0.15) is 0 Å². The van der Waals surface area contributed by atoms with Crippen molar-refractivity contribution in [2.45, 2.75) is 39.9 Å². The highest BCUT2D eigenvalue weighted by molar-refractivity contribution is 7.11. The average Bonchev–Trinajstić information content (AvgIpc) is 2.90. The Balaban J connectivity index is 1.83. The summed E-state index contributed by atoms with van der Waals surface area (Å²) in [6, 6.07) is 0. The van der Waals surface area contributed by atoms with E-state index in [2.05, 4.69) is 26.8 Å². The van der Waals surface area contributed by atoms with E-state index >= 15 is 0 Å². The highest BCUT2D eigenvalue weighted by Gasteiger charge is 2.02. The summed E-state index contributed by atoms with van der Waals surface area (Å²) in [6.07, 6.45) is 6.98. The third-order valence-electron chi connectivity index (χ3n) is 2.52. The molecule has 2 heterocycles. The van der Waals surface area contributed by atoms with Crippen LogP contribution in [0.25, 0.3) is 0 Å². The van der Waals surface area contributed by atoms with E-state index in [1.807, 2.05) is 25.5 Å². The third kappa shape index (κ3) is 3.38. The van der Waals surface area contributed by atoms with E-state index < -0.39 is 0 Å². The zero-order chi connectivity index (χ0) is 12.1. The van der Waals surface area contributed by atoms with Gasteiger partial charge in [-0.05, 0) is 13.3 Å². The van der Waals surface area contributed by atoms with Gasteiger partial charge in [-0.25, -0.2) is 9.97 Å². The van der Waals surface area contributed by atoms with Gasteiger partial charge >= 0.3 is 0 Å². The predicted molar refractivity (Wildman–Crippen MR) is 69.9 cm³/mol. The topological polar surface area (TPSA) is 42.7 Å². The van der Waals surface area contributed by atoms with E-state index in [0.717, 1.165) is 36.9 Å². The molecule has 0 unspecified atom stereocenters. The van der Waals surface area contributed by atoms with Gasteiger partial charge in [-0.3, -0.25) is 0 Å². The maximum Gasteiger partial charge on any atom is 0.122 e. The minimum Gasteiger partial charge on any atom is -0.334 e. The first-order valence-electron chi connectivity index (χ1n) is 5.91. The minimum absolute atomic E-state index is 0.809. The van der Waals surface area contributed by atoms with Crippen molar-refractivity contribution < 1.29 is 0 Å². The van der Waals surface area contributed by atoms with Crippen LogP contribution >= 0.6 is 11.3 Å². The number of nitrogens with one attached hydrogen (secondary N) is 1. The van der Waals surface area contributed by atoms with Crippen LogP contribution in [0.3, 0.4) is 0 Å². The first-order valence-corrected chi connectivity index (χ1v) is 6.73. The summed E-state index contributed by atoms with van der Waals surface area (Å²) >= 11 is 1.74. The fourth-order valence-electron chi connectivity index (χ4n) is 1.74. The Morgan fingerprint density at radius 2 is 2.24 bits per heavy atom. The van der Waals surface area contributed by atoms with Gasteiger partial charge in [0, 0.05) is 36.6 Å². The lowest BCUT2D eigenvalue weighted by molar-refractivity contribution is 0.590. The second-order valence-corrected chi connectivity index (χ2v) is 5.31. The minimum atomic E-state index is 0.809. The molecule has 0 bridgehead atoms. The van der Waals surface area contributed by atoms with E-state index in [4.69, 9.17) is 0 Å². The van der Waals surface area contributed by atoms with Gasteiger partial charge in [-0.1, -0.05) is 6.92 Å². The molecule has 0 atom stereocenters. The Morgan fingerprint density at radius 3 is 2.94 bits per heavy atom. The van der Waals surface area contributed by atoms with Crippen LogP contribution in [0.2, 0.25) is 0 Å². The SMILES string of the molecule is CCCn1ccnc1CNCc1cnc(C)s1. The number of hydrogen-bond acceptors (Lipinski definition) is 4. The molecule has 0 aromatic carbocycles. The maximum absolute atomic E-state index is 4.36. The summed E-state index contributed by atoms with van der Waals surface area (Å²) in [5.41, 5.74) is 0. The number of thiazole rings is 1. The molecule has 5 heteroatoms. The summed E-state index contributed by atoms with van der Waals surface area (Å²) in [5, 5.41) is 4.52. The number of aromatic nitrogens is 3. The van der Waals surface area contributed by atoms with Crippen LogP contribution in [-0.2, 0) is 19.6 Å². The maximum atomic E-state index is 4.36. The van der Waals surface area contributed by atoms with Crippen molar-refractivity contribution in [2.24, 2.45) is 0 Å². The number of nitrogens with zero attached hydrogens (tertiary/aromatic N) is 3. The van der Waals surface area contributed by atoms with Crippen molar-refractivity contribution in [3.05, 3.63) is 34.3 Å². The van der Waals surface area contributed by atoms with Gasteiger partial charge in [0.05, 0.1) is 11.6 Å². The molecule has 0 saturated carbocycles. The first kappa shape index (κ1) is 12.3. The van der Waals surface area contributed by atoms with Crippen LogP contribution in [0.4, 0.5) is 0 Å². The van der Waals surface area contributed by atoms with Gasteiger partial charge in [0.2, 0.25) is 0 Å². The molecule has 0 radical (unpaired) electrons. The second-order valence-electron chi connectivity index (χ2n) is 3.99. The summed E-state index contributed by atoms with van der Waals surface area (Å²) in [4.78, 5) is 9.87. The first-order chi connectivity index (χ1) is 8.29. The molecule has 0 aliphatic carbocycles. The average molecular weight is 250 g/mol. The molecule has 0 saturated heterocycles. The van der Waals surface area contributed by atoms with Crippen molar-refractivity contribution in [2.75, 3.05) is 0 Å². The van der Waals surface area contributed by atoms with Crippen LogP contribution in [0, 0.1) is 6.92 Å². The Morgan fingerprint density at radius 1 is 1.35 bits per heavy atom. The molecule has 4 nitrogen and oxygen atoms in total. The lowest BCUT2D eigenvalue weighted by atomic mass is 10.4. The van der Waals surface area contributed by atoms with Gasteiger partial charge in [-0.15, -0.1) is 11.3 Å². The van der Waals surface area contributed by atoms with Crippen molar-refractivity contribution in [3.63, 3.8) is 0 Å². The molecule has 2 aromatic heterocycles. The molecule has 0 aliphatic rings. The fourth-order valence-corrected chi connectivity index (χ4v) is 2.50. The van der Waals surface area contributed by atoms with E-state index in [1.54, 1.807) is 11.3 Å². The van der Waals surface area contributed by atoms with Crippen LogP contribution in [-0.4, -0.2) is 14.5 Å². The smallest absolute Gasteiger partial charge is 0.122 e. The Kier molecular flexibility index (Phi) is 4.28. The fraction of sp³-hybridized carbons (Fsp3) is 0.500. The summed E-state index contributed by atoms with van der Waals surface area (Å²) < 4.78 is 2.20.